The smallest absolute Gasteiger partial charge is 0.274 e. The molecule has 2 aromatic carbocycles. The largest absolute Gasteiger partial charge is 0.340 e. The van der Waals surface area contributed by atoms with E-state index in [-0.39, 0.29) is 17.5 Å². The molecule has 7 heteroatoms. The lowest BCUT2D eigenvalue weighted by Crippen LogP contribution is -2.16. The van der Waals surface area contributed by atoms with Gasteiger partial charge in [-0.2, -0.15) is 0 Å². The molecule has 0 aliphatic rings. The summed E-state index contributed by atoms with van der Waals surface area (Å²) in [6.45, 7) is 5.33. The number of amides is 2. The molecule has 0 unspecified atom stereocenters. The Morgan fingerprint density at radius 3 is 2.25 bits per heavy atom. The monoisotopic (exact) mass is 375 g/mol. The molecule has 2 amide bonds. The number of rotatable bonds is 5. The van der Waals surface area contributed by atoms with Crippen molar-refractivity contribution in [2.75, 3.05) is 16.0 Å². The molecule has 0 bridgehead atoms. The third-order valence-corrected chi connectivity index (χ3v) is 4.07. The molecule has 28 heavy (non-hydrogen) atoms. The summed E-state index contributed by atoms with van der Waals surface area (Å²) in [5.41, 5.74) is 4.39. The minimum Gasteiger partial charge on any atom is -0.340 e. The van der Waals surface area contributed by atoms with Gasteiger partial charge < -0.3 is 16.0 Å². The van der Waals surface area contributed by atoms with Gasteiger partial charge in [0.25, 0.3) is 5.91 Å². The van der Waals surface area contributed by atoms with Crippen LogP contribution in [-0.2, 0) is 4.79 Å². The van der Waals surface area contributed by atoms with E-state index in [0.29, 0.717) is 11.5 Å². The Balaban J connectivity index is 1.77. The van der Waals surface area contributed by atoms with E-state index in [1.165, 1.54) is 13.3 Å². The molecule has 142 valence electrons. The molecule has 0 radical (unpaired) electrons. The molecule has 0 aliphatic carbocycles. The van der Waals surface area contributed by atoms with Gasteiger partial charge in [0.2, 0.25) is 5.91 Å². The highest BCUT2D eigenvalue weighted by molar-refractivity contribution is 6.04. The number of benzene rings is 2. The molecular formula is C21H21N5O2. The number of aromatic nitrogens is 2. The summed E-state index contributed by atoms with van der Waals surface area (Å²) in [5, 5.41) is 8.75. The van der Waals surface area contributed by atoms with Crippen LogP contribution in [0.1, 0.15) is 28.5 Å². The molecule has 1 aromatic heterocycles. The molecule has 0 spiro atoms. The Morgan fingerprint density at radius 1 is 0.857 bits per heavy atom. The lowest BCUT2D eigenvalue weighted by molar-refractivity contribution is -0.114. The number of aryl methyl sites for hydroxylation is 2. The van der Waals surface area contributed by atoms with Crippen LogP contribution < -0.4 is 16.0 Å². The Morgan fingerprint density at radius 2 is 1.54 bits per heavy atom. The van der Waals surface area contributed by atoms with Crippen LogP contribution in [-0.4, -0.2) is 21.8 Å². The lowest BCUT2D eigenvalue weighted by atomic mass is 10.1. The van der Waals surface area contributed by atoms with E-state index >= 15 is 0 Å². The van der Waals surface area contributed by atoms with Crippen molar-refractivity contribution >= 4 is 34.7 Å². The molecular weight excluding hydrogens is 354 g/mol. The number of anilines is 4. The van der Waals surface area contributed by atoms with Crippen LogP contribution in [0, 0.1) is 13.8 Å². The standard InChI is InChI=1S/C21H21N5O2/c1-13-6-4-7-14(2)20(13)26-21(28)18-11-19(23-12-22-18)25-17-9-5-8-16(10-17)24-15(3)27/h4-12H,1-3H3,(H,24,27)(H,26,28)(H,22,23,25). The van der Waals surface area contributed by atoms with Gasteiger partial charge in [-0.1, -0.05) is 24.3 Å². The van der Waals surface area contributed by atoms with Gasteiger partial charge in [-0.3, -0.25) is 9.59 Å². The molecule has 0 atom stereocenters. The Bertz CT molecular complexity index is 1010. The molecule has 3 aromatic rings. The van der Waals surface area contributed by atoms with E-state index in [0.717, 1.165) is 22.5 Å². The summed E-state index contributed by atoms with van der Waals surface area (Å²) in [5.74, 6) is 0.0149. The molecule has 3 rings (SSSR count). The molecule has 1 heterocycles. The quantitative estimate of drug-likeness (QED) is 0.625. The van der Waals surface area contributed by atoms with E-state index in [4.69, 9.17) is 0 Å². The zero-order valence-corrected chi connectivity index (χ0v) is 15.9. The van der Waals surface area contributed by atoms with Crippen molar-refractivity contribution in [2.45, 2.75) is 20.8 Å². The lowest BCUT2D eigenvalue weighted by Gasteiger charge is -2.12. The zero-order chi connectivity index (χ0) is 20.1. The first-order valence-corrected chi connectivity index (χ1v) is 8.76. The SMILES string of the molecule is CC(=O)Nc1cccc(Nc2cc(C(=O)Nc3c(C)cccc3C)ncn2)c1. The maximum Gasteiger partial charge on any atom is 0.274 e. The fourth-order valence-corrected chi connectivity index (χ4v) is 2.76. The average Bonchev–Trinajstić information content (AvgIpc) is 2.65. The van der Waals surface area contributed by atoms with Gasteiger partial charge in [0.1, 0.15) is 17.8 Å². The van der Waals surface area contributed by atoms with Gasteiger partial charge >= 0.3 is 0 Å². The van der Waals surface area contributed by atoms with E-state index < -0.39 is 0 Å². The van der Waals surface area contributed by atoms with Crippen molar-refractivity contribution in [3.05, 3.63) is 71.7 Å². The third-order valence-electron chi connectivity index (χ3n) is 4.07. The highest BCUT2D eigenvalue weighted by Gasteiger charge is 2.12. The molecule has 0 aliphatic heterocycles. The maximum atomic E-state index is 12.6. The summed E-state index contributed by atoms with van der Waals surface area (Å²) in [6, 6.07) is 14.6. The second-order valence-electron chi connectivity index (χ2n) is 6.40. The van der Waals surface area contributed by atoms with Gasteiger partial charge in [-0.25, -0.2) is 9.97 Å². The topological polar surface area (TPSA) is 96.0 Å². The van der Waals surface area contributed by atoms with Crippen LogP contribution in [0.25, 0.3) is 0 Å². The number of carbonyl (C=O) groups is 2. The van der Waals surface area contributed by atoms with Crippen LogP contribution in [0.2, 0.25) is 0 Å². The van der Waals surface area contributed by atoms with Gasteiger partial charge in [-0.15, -0.1) is 0 Å². The van der Waals surface area contributed by atoms with Gasteiger partial charge in [0.15, 0.2) is 0 Å². The Labute approximate surface area is 163 Å². The van der Waals surface area contributed by atoms with Gasteiger partial charge in [0.05, 0.1) is 0 Å². The van der Waals surface area contributed by atoms with Crippen LogP contribution in [0.3, 0.4) is 0 Å². The summed E-state index contributed by atoms with van der Waals surface area (Å²) in [4.78, 5) is 32.1. The van der Waals surface area contributed by atoms with E-state index in [2.05, 4.69) is 25.9 Å². The second kappa shape index (κ2) is 8.30. The van der Waals surface area contributed by atoms with Crippen molar-refractivity contribution in [2.24, 2.45) is 0 Å². The predicted molar refractivity (Wildman–Crippen MR) is 110 cm³/mol. The maximum absolute atomic E-state index is 12.6. The van der Waals surface area contributed by atoms with E-state index in [1.807, 2.05) is 44.2 Å². The fourth-order valence-electron chi connectivity index (χ4n) is 2.76. The van der Waals surface area contributed by atoms with Crippen molar-refractivity contribution in [3.8, 4) is 0 Å². The van der Waals surface area contributed by atoms with Crippen LogP contribution >= 0.6 is 0 Å². The summed E-state index contributed by atoms with van der Waals surface area (Å²) in [7, 11) is 0. The van der Waals surface area contributed by atoms with Gasteiger partial charge in [-0.05, 0) is 43.2 Å². The summed E-state index contributed by atoms with van der Waals surface area (Å²) in [6.07, 6.45) is 1.33. The highest BCUT2D eigenvalue weighted by atomic mass is 16.2. The Kier molecular flexibility index (Phi) is 5.64. The van der Waals surface area contributed by atoms with Crippen LogP contribution in [0.15, 0.2) is 54.9 Å². The second-order valence-corrected chi connectivity index (χ2v) is 6.40. The van der Waals surface area contributed by atoms with Crippen molar-refractivity contribution in [1.29, 1.82) is 0 Å². The van der Waals surface area contributed by atoms with Crippen LogP contribution in [0.4, 0.5) is 22.9 Å². The van der Waals surface area contributed by atoms with Crippen molar-refractivity contribution < 1.29 is 9.59 Å². The first-order chi connectivity index (χ1) is 13.4. The fraction of sp³-hybridized carbons (Fsp3) is 0.143. The van der Waals surface area contributed by atoms with Crippen molar-refractivity contribution in [3.63, 3.8) is 0 Å². The predicted octanol–water partition coefficient (Wildman–Crippen LogP) is 4.05. The minimum atomic E-state index is -0.310. The number of nitrogens with zero attached hydrogens (tertiary/aromatic N) is 2. The minimum absolute atomic E-state index is 0.148. The van der Waals surface area contributed by atoms with Crippen LogP contribution in [0.5, 0.6) is 0 Å². The molecule has 0 saturated heterocycles. The average molecular weight is 375 g/mol. The molecule has 0 saturated carbocycles. The normalized spacial score (nSPS) is 10.2. The van der Waals surface area contributed by atoms with Gasteiger partial charge in [0, 0.05) is 30.1 Å². The Hall–Kier alpha value is -3.74. The number of hydrogen-bond acceptors (Lipinski definition) is 5. The number of carbonyl (C=O) groups excluding carboxylic acids is 2. The molecule has 0 fully saturated rings. The van der Waals surface area contributed by atoms with Crippen molar-refractivity contribution in [1.82, 2.24) is 9.97 Å². The summed E-state index contributed by atoms with van der Waals surface area (Å²) < 4.78 is 0. The highest BCUT2D eigenvalue weighted by Crippen LogP contribution is 2.21. The summed E-state index contributed by atoms with van der Waals surface area (Å²) >= 11 is 0. The zero-order valence-electron chi connectivity index (χ0n) is 15.9. The van der Waals surface area contributed by atoms with E-state index in [1.54, 1.807) is 18.2 Å². The number of hydrogen-bond donors (Lipinski definition) is 3. The molecule has 7 nitrogen and oxygen atoms in total. The number of nitrogens with one attached hydrogen (secondary N) is 3. The molecule has 3 N–H and O–H groups in total. The first kappa shape index (κ1) is 19.0. The number of para-hydroxylation sites is 1. The third kappa shape index (κ3) is 4.70. The van der Waals surface area contributed by atoms with E-state index in [9.17, 15) is 9.59 Å². The first-order valence-electron chi connectivity index (χ1n) is 8.76.